The molecular weight excluding hydrogens is 204 g/mol. The summed E-state index contributed by atoms with van der Waals surface area (Å²) in [6, 6.07) is 0. The van der Waals surface area contributed by atoms with Crippen molar-refractivity contribution in [3.05, 3.63) is 11.7 Å². The molecule has 0 saturated carbocycles. The fourth-order valence-electron chi connectivity index (χ4n) is 0.790. The number of hydrogen-bond acceptors (Lipinski definition) is 5. The minimum atomic E-state index is -0.831. The summed E-state index contributed by atoms with van der Waals surface area (Å²) in [6.45, 7) is 3.92. The van der Waals surface area contributed by atoms with Crippen molar-refractivity contribution in [2.75, 3.05) is 5.75 Å². The molecule has 14 heavy (non-hydrogen) atoms. The highest BCUT2D eigenvalue weighted by Crippen LogP contribution is 2.14. The number of carbonyl (C=O) groups is 1. The third-order valence-corrected chi connectivity index (χ3v) is 2.35. The van der Waals surface area contributed by atoms with Crippen LogP contribution in [0.4, 0.5) is 0 Å². The van der Waals surface area contributed by atoms with Crippen molar-refractivity contribution in [3.63, 3.8) is 0 Å². The number of aromatic nitrogens is 2. The molecule has 0 unspecified atom stereocenters. The first kappa shape index (κ1) is 11.0. The van der Waals surface area contributed by atoms with E-state index in [2.05, 4.69) is 10.1 Å². The Morgan fingerprint density at radius 3 is 2.86 bits per heavy atom. The van der Waals surface area contributed by atoms with E-state index >= 15 is 0 Å². The second-order valence-corrected chi connectivity index (χ2v) is 4.08. The van der Waals surface area contributed by atoms with Gasteiger partial charge in [0, 0.05) is 5.92 Å². The summed E-state index contributed by atoms with van der Waals surface area (Å²) >= 11 is 1.25. The number of rotatable bonds is 5. The predicted molar refractivity (Wildman–Crippen MR) is 52.2 cm³/mol. The highest BCUT2D eigenvalue weighted by molar-refractivity contribution is 7.99. The quantitative estimate of drug-likeness (QED) is 0.804. The van der Waals surface area contributed by atoms with Gasteiger partial charge in [0.05, 0.1) is 11.5 Å². The maximum Gasteiger partial charge on any atom is 0.313 e. The average molecular weight is 216 g/mol. The molecule has 78 valence electrons. The van der Waals surface area contributed by atoms with E-state index in [1.165, 1.54) is 11.8 Å². The summed E-state index contributed by atoms with van der Waals surface area (Å²) in [5.74, 6) is 1.06. The fraction of sp³-hybridized carbons (Fsp3) is 0.625. The van der Waals surface area contributed by atoms with Crippen molar-refractivity contribution in [1.82, 2.24) is 10.1 Å². The molecule has 1 aromatic rings. The molecule has 1 heterocycles. The number of carboxylic acids is 1. The Kier molecular flexibility index (Phi) is 3.94. The molecule has 0 saturated heterocycles. The largest absolute Gasteiger partial charge is 0.481 e. The zero-order valence-corrected chi connectivity index (χ0v) is 8.87. The highest BCUT2D eigenvalue weighted by atomic mass is 32.2. The predicted octanol–water partition coefficient (Wildman–Crippen LogP) is 1.51. The van der Waals surface area contributed by atoms with Gasteiger partial charge in [0.15, 0.2) is 5.82 Å². The lowest BCUT2D eigenvalue weighted by molar-refractivity contribution is -0.133. The smallest absolute Gasteiger partial charge is 0.313 e. The van der Waals surface area contributed by atoms with Gasteiger partial charge in [0.25, 0.3) is 0 Å². The average Bonchev–Trinajstić information content (AvgIpc) is 2.52. The van der Waals surface area contributed by atoms with Crippen LogP contribution in [0.2, 0.25) is 0 Å². The van der Waals surface area contributed by atoms with Gasteiger partial charge >= 0.3 is 5.97 Å². The molecule has 0 fully saturated rings. The number of aliphatic carboxylic acids is 1. The summed E-state index contributed by atoms with van der Waals surface area (Å²) in [7, 11) is 0. The molecule has 0 aliphatic rings. The molecular formula is C8H12N2O3S. The molecule has 0 radical (unpaired) electrons. The van der Waals surface area contributed by atoms with Crippen LogP contribution in [0.15, 0.2) is 4.52 Å². The van der Waals surface area contributed by atoms with Crippen molar-refractivity contribution >= 4 is 17.7 Å². The fourth-order valence-corrected chi connectivity index (χ4v) is 1.37. The van der Waals surface area contributed by atoms with Gasteiger partial charge in [-0.1, -0.05) is 19.0 Å². The van der Waals surface area contributed by atoms with Crippen LogP contribution in [-0.4, -0.2) is 27.0 Å². The molecule has 0 aliphatic heterocycles. The third-order valence-electron chi connectivity index (χ3n) is 1.43. The Balaban J connectivity index is 2.40. The normalized spacial score (nSPS) is 10.8. The van der Waals surface area contributed by atoms with E-state index in [0.717, 1.165) is 0 Å². The van der Waals surface area contributed by atoms with Gasteiger partial charge in [-0.2, -0.15) is 4.98 Å². The van der Waals surface area contributed by atoms with Gasteiger partial charge < -0.3 is 9.63 Å². The number of nitrogens with zero attached hydrogens (tertiary/aromatic N) is 2. The Hall–Kier alpha value is -1.04. The van der Waals surface area contributed by atoms with Gasteiger partial charge in [-0.15, -0.1) is 11.8 Å². The maximum absolute atomic E-state index is 10.2. The number of hydrogen-bond donors (Lipinski definition) is 1. The van der Waals surface area contributed by atoms with Crippen LogP contribution < -0.4 is 0 Å². The van der Waals surface area contributed by atoms with Crippen LogP contribution in [-0.2, 0) is 10.5 Å². The zero-order valence-electron chi connectivity index (χ0n) is 8.06. The maximum atomic E-state index is 10.2. The molecule has 0 bridgehead atoms. The number of carboxylic acid groups (broad SMARTS) is 1. The standard InChI is InChI=1S/C8H12N2O3S/c1-5(2)8-9-6(10-13-8)3-14-4-7(11)12/h5H,3-4H2,1-2H3,(H,11,12). The summed E-state index contributed by atoms with van der Waals surface area (Å²) in [5.41, 5.74) is 0. The molecule has 0 aromatic carbocycles. The minimum Gasteiger partial charge on any atom is -0.481 e. The summed E-state index contributed by atoms with van der Waals surface area (Å²) in [6.07, 6.45) is 0. The lowest BCUT2D eigenvalue weighted by Gasteiger charge is -1.93. The zero-order chi connectivity index (χ0) is 10.6. The van der Waals surface area contributed by atoms with E-state index in [9.17, 15) is 4.79 Å². The summed E-state index contributed by atoms with van der Waals surface area (Å²) in [4.78, 5) is 14.3. The van der Waals surface area contributed by atoms with E-state index in [1.807, 2.05) is 13.8 Å². The SMILES string of the molecule is CC(C)c1nc(CSCC(=O)O)no1. The van der Waals surface area contributed by atoms with Crippen LogP contribution in [0, 0.1) is 0 Å². The second-order valence-electron chi connectivity index (χ2n) is 3.09. The van der Waals surface area contributed by atoms with Crippen LogP contribution >= 0.6 is 11.8 Å². The van der Waals surface area contributed by atoms with Crippen LogP contribution in [0.25, 0.3) is 0 Å². The van der Waals surface area contributed by atoms with E-state index in [1.54, 1.807) is 0 Å². The molecule has 0 aliphatic carbocycles. The Morgan fingerprint density at radius 1 is 1.64 bits per heavy atom. The van der Waals surface area contributed by atoms with Crippen molar-refractivity contribution in [3.8, 4) is 0 Å². The molecule has 6 heteroatoms. The first-order valence-corrected chi connectivity index (χ1v) is 5.37. The Bertz CT molecular complexity index is 311. The lowest BCUT2D eigenvalue weighted by atomic mass is 10.2. The van der Waals surface area contributed by atoms with Crippen molar-refractivity contribution in [2.45, 2.75) is 25.5 Å². The summed E-state index contributed by atoms with van der Waals surface area (Å²) < 4.78 is 4.96. The molecule has 1 aromatic heterocycles. The van der Waals surface area contributed by atoms with Crippen LogP contribution in [0.3, 0.4) is 0 Å². The van der Waals surface area contributed by atoms with E-state index in [4.69, 9.17) is 9.63 Å². The van der Waals surface area contributed by atoms with Crippen LogP contribution in [0.5, 0.6) is 0 Å². The van der Waals surface area contributed by atoms with Crippen molar-refractivity contribution < 1.29 is 14.4 Å². The second kappa shape index (κ2) is 4.99. The first-order valence-electron chi connectivity index (χ1n) is 4.21. The van der Waals surface area contributed by atoms with Gasteiger partial charge in [-0.25, -0.2) is 0 Å². The van der Waals surface area contributed by atoms with E-state index in [-0.39, 0.29) is 11.7 Å². The highest BCUT2D eigenvalue weighted by Gasteiger charge is 2.09. The third kappa shape index (κ3) is 3.37. The Labute approximate surface area is 85.9 Å². The van der Waals surface area contributed by atoms with Crippen molar-refractivity contribution in [2.24, 2.45) is 0 Å². The molecule has 0 amide bonds. The molecule has 0 atom stereocenters. The van der Waals surface area contributed by atoms with Gasteiger partial charge in [-0.05, 0) is 0 Å². The molecule has 5 nitrogen and oxygen atoms in total. The van der Waals surface area contributed by atoms with E-state index < -0.39 is 5.97 Å². The summed E-state index contributed by atoms with van der Waals surface area (Å²) in [5, 5.41) is 12.1. The molecule has 1 N–H and O–H groups in total. The Morgan fingerprint density at radius 2 is 2.36 bits per heavy atom. The monoisotopic (exact) mass is 216 g/mol. The van der Waals surface area contributed by atoms with Gasteiger partial charge in [0.2, 0.25) is 5.89 Å². The van der Waals surface area contributed by atoms with E-state index in [0.29, 0.717) is 17.5 Å². The van der Waals surface area contributed by atoms with Crippen molar-refractivity contribution in [1.29, 1.82) is 0 Å². The van der Waals surface area contributed by atoms with Gasteiger partial charge in [-0.3, -0.25) is 4.79 Å². The van der Waals surface area contributed by atoms with Crippen LogP contribution in [0.1, 0.15) is 31.5 Å². The lowest BCUT2D eigenvalue weighted by Crippen LogP contribution is -1.98. The molecule has 0 spiro atoms. The number of thioether (sulfide) groups is 1. The van der Waals surface area contributed by atoms with Gasteiger partial charge in [0.1, 0.15) is 0 Å². The topological polar surface area (TPSA) is 76.2 Å². The minimum absolute atomic E-state index is 0.0611. The molecule has 1 rings (SSSR count). The first-order chi connectivity index (χ1) is 6.59.